The van der Waals surface area contributed by atoms with Crippen molar-refractivity contribution in [2.75, 3.05) is 6.61 Å². The van der Waals surface area contributed by atoms with Gasteiger partial charge >= 0.3 is 0 Å². The zero-order valence-electron chi connectivity index (χ0n) is 17.8. The number of nitrogens with two attached hydrogens (primary N) is 1. The number of ether oxygens (including phenoxy) is 1. The van der Waals surface area contributed by atoms with Gasteiger partial charge in [0.05, 0.1) is 12.6 Å². The van der Waals surface area contributed by atoms with Crippen LogP contribution < -0.4 is 11.1 Å². The van der Waals surface area contributed by atoms with E-state index in [1.165, 1.54) is 0 Å². The first-order chi connectivity index (χ1) is 14.4. The van der Waals surface area contributed by atoms with Crippen LogP contribution >= 0.6 is 0 Å². The summed E-state index contributed by atoms with van der Waals surface area (Å²) < 4.78 is 5.68. The van der Waals surface area contributed by atoms with E-state index in [0.717, 1.165) is 0 Å². The lowest BCUT2D eigenvalue weighted by molar-refractivity contribution is -0.127. The number of fused-ring (bicyclic) bond motifs is 1. The first-order valence-electron chi connectivity index (χ1n) is 9.97. The molecule has 1 aromatic carbocycles. The predicted molar refractivity (Wildman–Crippen MR) is 119 cm³/mol. The summed E-state index contributed by atoms with van der Waals surface area (Å²) in [5.41, 5.74) is 6.77. The number of aliphatic hydroxyl groups excluding tert-OH is 1. The van der Waals surface area contributed by atoms with Crippen LogP contribution in [-0.2, 0) is 9.53 Å². The van der Waals surface area contributed by atoms with Gasteiger partial charge in [0.15, 0.2) is 6.10 Å². The van der Waals surface area contributed by atoms with Crippen molar-refractivity contribution in [2.24, 2.45) is 10.7 Å². The van der Waals surface area contributed by atoms with Crippen LogP contribution in [-0.4, -0.2) is 41.4 Å². The Kier molecular flexibility index (Phi) is 10.9. The van der Waals surface area contributed by atoms with Crippen LogP contribution in [0.15, 0.2) is 66.0 Å². The fourth-order valence-electron chi connectivity index (χ4n) is 2.74. The minimum absolute atomic E-state index is 0.250. The third kappa shape index (κ3) is 7.33. The minimum atomic E-state index is -1.50. The number of primary amides is 1. The molecule has 0 spiro atoms. The van der Waals surface area contributed by atoms with E-state index in [0.29, 0.717) is 35.7 Å². The molecule has 0 saturated carbocycles. The molecule has 7 nitrogen and oxygen atoms in total. The number of amides is 2. The van der Waals surface area contributed by atoms with Crippen molar-refractivity contribution in [3.05, 3.63) is 72.2 Å². The average molecular weight is 414 g/mol. The molecule has 0 bridgehead atoms. The quantitative estimate of drug-likeness (QED) is 0.661. The zero-order chi connectivity index (χ0) is 22.5. The zero-order valence-corrected chi connectivity index (χ0v) is 17.8. The van der Waals surface area contributed by atoms with E-state index < -0.39 is 24.0 Å². The number of benzene rings is 1. The lowest BCUT2D eigenvalue weighted by atomic mass is 10.0. The number of carbonyl (C=O) groups is 2. The lowest BCUT2D eigenvalue weighted by Gasteiger charge is -2.22. The standard InChI is InChI=1S/C21H25N3O4.C2H6/c1-3-9-18-23-14(2)15-10-6-7-11-16(15)21(27)24-17(19(25)20(22)26)12-5-4-8-13-28-18;1-2/h3-7,9-11,17,19,25H,1,8,12-13H2,2H3,(H2,22,26)(H,24,27);1-2H3/b5-4-,18-9+,23-14+;/t17-,19?;/m0./s1. The minimum Gasteiger partial charge on any atom is -0.477 e. The third-order valence-corrected chi connectivity index (χ3v) is 4.18. The maximum atomic E-state index is 12.9. The number of hydrogen-bond acceptors (Lipinski definition) is 5. The largest absolute Gasteiger partial charge is 0.477 e. The Morgan fingerprint density at radius 2 is 2.00 bits per heavy atom. The number of nitrogens with one attached hydrogen (secondary N) is 1. The van der Waals surface area contributed by atoms with E-state index >= 15 is 0 Å². The van der Waals surface area contributed by atoms with Crippen molar-refractivity contribution < 1.29 is 19.4 Å². The summed E-state index contributed by atoms with van der Waals surface area (Å²) in [5, 5.41) is 12.8. The number of carbonyl (C=O) groups excluding carboxylic acids is 2. The molecule has 1 aliphatic rings. The van der Waals surface area contributed by atoms with Crippen molar-refractivity contribution in [3.63, 3.8) is 0 Å². The first-order valence-corrected chi connectivity index (χ1v) is 9.97. The highest BCUT2D eigenvalue weighted by molar-refractivity contribution is 6.09. The molecule has 0 fully saturated rings. The van der Waals surface area contributed by atoms with Crippen LogP contribution in [0.25, 0.3) is 0 Å². The topological polar surface area (TPSA) is 114 Å². The van der Waals surface area contributed by atoms with E-state index in [9.17, 15) is 14.7 Å². The van der Waals surface area contributed by atoms with E-state index in [1.807, 2.05) is 19.9 Å². The number of rotatable bonds is 3. The Bertz CT molecular complexity index is 827. The molecule has 7 heteroatoms. The number of allylic oxidation sites excluding steroid dienone is 2. The molecule has 30 heavy (non-hydrogen) atoms. The maximum Gasteiger partial charge on any atom is 0.252 e. The van der Waals surface area contributed by atoms with Crippen LogP contribution in [0.1, 0.15) is 49.5 Å². The molecular weight excluding hydrogens is 382 g/mol. The second-order valence-electron chi connectivity index (χ2n) is 6.25. The SMILES string of the molecule is C=C/C=C1\N=C(/C)c2ccccc2C(=O)N[C@H](C(O)C(N)=O)C/C=C\CCO1.CC. The van der Waals surface area contributed by atoms with Gasteiger partial charge in [0.25, 0.3) is 5.91 Å². The van der Waals surface area contributed by atoms with E-state index in [4.69, 9.17) is 10.5 Å². The second-order valence-corrected chi connectivity index (χ2v) is 6.25. The highest BCUT2D eigenvalue weighted by Gasteiger charge is 2.26. The fourth-order valence-corrected chi connectivity index (χ4v) is 2.74. The van der Waals surface area contributed by atoms with Crippen LogP contribution in [0.5, 0.6) is 0 Å². The normalized spacial score (nSPS) is 22.4. The molecule has 162 valence electrons. The Labute approximate surface area is 178 Å². The Morgan fingerprint density at radius 3 is 2.63 bits per heavy atom. The van der Waals surface area contributed by atoms with Gasteiger partial charge in [-0.2, -0.15) is 0 Å². The molecule has 0 aromatic heterocycles. The van der Waals surface area contributed by atoms with Gasteiger partial charge < -0.3 is 20.9 Å². The van der Waals surface area contributed by atoms with E-state index in [-0.39, 0.29) is 6.42 Å². The van der Waals surface area contributed by atoms with Crippen LogP contribution in [0.4, 0.5) is 0 Å². The Hall–Kier alpha value is -3.19. The van der Waals surface area contributed by atoms with Crippen molar-refractivity contribution in [2.45, 2.75) is 45.8 Å². The van der Waals surface area contributed by atoms with Gasteiger partial charge in [0, 0.05) is 16.8 Å². The van der Waals surface area contributed by atoms with Crippen molar-refractivity contribution in [1.29, 1.82) is 0 Å². The number of aliphatic imine (C=N–C) groups is 1. The fraction of sp³-hybridized carbons (Fsp3) is 0.348. The van der Waals surface area contributed by atoms with Gasteiger partial charge in [0.1, 0.15) is 0 Å². The first kappa shape index (κ1) is 24.8. The Morgan fingerprint density at radius 1 is 1.33 bits per heavy atom. The van der Waals surface area contributed by atoms with E-state index in [2.05, 4.69) is 16.9 Å². The molecule has 0 radical (unpaired) electrons. The van der Waals surface area contributed by atoms with Crippen molar-refractivity contribution in [1.82, 2.24) is 5.32 Å². The van der Waals surface area contributed by atoms with E-state index in [1.54, 1.807) is 49.4 Å². The molecule has 1 aromatic rings. The molecule has 1 unspecified atom stereocenters. The maximum absolute atomic E-state index is 12.9. The molecule has 0 aliphatic carbocycles. The van der Waals surface area contributed by atoms with Crippen LogP contribution in [0.2, 0.25) is 0 Å². The second kappa shape index (κ2) is 13.1. The molecule has 1 aliphatic heterocycles. The molecule has 4 N–H and O–H groups in total. The Balaban J connectivity index is 0.00000218. The third-order valence-electron chi connectivity index (χ3n) is 4.18. The van der Waals surface area contributed by atoms with Crippen molar-refractivity contribution >= 4 is 17.5 Å². The summed E-state index contributed by atoms with van der Waals surface area (Å²) in [5.74, 6) is -0.931. The monoisotopic (exact) mass is 413 g/mol. The van der Waals surface area contributed by atoms with Gasteiger partial charge in [-0.25, -0.2) is 4.99 Å². The van der Waals surface area contributed by atoms with Crippen molar-refractivity contribution in [3.8, 4) is 0 Å². The summed E-state index contributed by atoms with van der Waals surface area (Å²) >= 11 is 0. The summed E-state index contributed by atoms with van der Waals surface area (Å²) in [6.45, 7) is 9.83. The molecule has 2 rings (SSSR count). The molecule has 0 saturated heterocycles. The van der Waals surface area contributed by atoms with Gasteiger partial charge in [0.2, 0.25) is 11.8 Å². The smallest absolute Gasteiger partial charge is 0.252 e. The van der Waals surface area contributed by atoms with Gasteiger partial charge in [-0.1, -0.05) is 56.9 Å². The molecular formula is C23H31N3O4. The van der Waals surface area contributed by atoms with Gasteiger partial charge in [-0.3, -0.25) is 9.59 Å². The van der Waals surface area contributed by atoms with Gasteiger partial charge in [-0.15, -0.1) is 0 Å². The van der Waals surface area contributed by atoms with Crippen LogP contribution in [0.3, 0.4) is 0 Å². The van der Waals surface area contributed by atoms with Gasteiger partial charge in [-0.05, 0) is 31.9 Å². The highest BCUT2D eigenvalue weighted by Crippen LogP contribution is 2.15. The van der Waals surface area contributed by atoms with Crippen LogP contribution in [0, 0.1) is 0 Å². The molecule has 1 heterocycles. The average Bonchev–Trinajstić information content (AvgIpc) is 2.75. The highest BCUT2D eigenvalue weighted by atomic mass is 16.5. The summed E-state index contributed by atoms with van der Waals surface area (Å²) in [7, 11) is 0. The summed E-state index contributed by atoms with van der Waals surface area (Å²) in [6.07, 6.45) is 6.19. The number of nitrogens with zero attached hydrogens (tertiary/aromatic N) is 1. The number of hydrogen-bond donors (Lipinski definition) is 3. The molecule has 2 amide bonds. The molecule has 2 atom stereocenters. The number of aliphatic hydroxyl groups is 1. The summed E-state index contributed by atoms with van der Waals surface area (Å²) in [6, 6.07) is 6.10. The summed E-state index contributed by atoms with van der Waals surface area (Å²) in [4.78, 5) is 28.7. The predicted octanol–water partition coefficient (Wildman–Crippen LogP) is 2.86. The lowest BCUT2D eigenvalue weighted by Crippen LogP contribution is -2.49.